The Kier molecular flexibility index (Phi) is 3.42. The van der Waals surface area contributed by atoms with E-state index in [1.165, 1.54) is 0 Å². The predicted octanol–water partition coefficient (Wildman–Crippen LogP) is 3.81. The minimum atomic E-state index is 0.178. The van der Waals surface area contributed by atoms with E-state index in [2.05, 4.69) is 36.8 Å². The molecular formula is C12H10Br2N2OS. The van der Waals surface area contributed by atoms with Crippen molar-refractivity contribution in [3.05, 3.63) is 22.7 Å². The number of halogens is 2. The molecule has 6 heteroatoms. The van der Waals surface area contributed by atoms with Crippen molar-refractivity contribution in [1.82, 2.24) is 4.98 Å². The van der Waals surface area contributed by atoms with Gasteiger partial charge in [0.25, 0.3) is 0 Å². The Labute approximate surface area is 125 Å². The summed E-state index contributed by atoms with van der Waals surface area (Å²) in [6.45, 7) is 0.769. The van der Waals surface area contributed by atoms with Crippen molar-refractivity contribution in [1.29, 1.82) is 0 Å². The first kappa shape index (κ1) is 12.6. The molecule has 18 heavy (non-hydrogen) atoms. The number of carbonyl (C=O) groups excluding carboxylic acids is 1. The second kappa shape index (κ2) is 4.90. The molecule has 2 aromatic rings. The minimum absolute atomic E-state index is 0.178. The van der Waals surface area contributed by atoms with Crippen molar-refractivity contribution in [3.63, 3.8) is 0 Å². The van der Waals surface area contributed by atoms with Crippen molar-refractivity contribution in [2.75, 3.05) is 16.8 Å². The zero-order valence-corrected chi connectivity index (χ0v) is 13.4. The lowest BCUT2D eigenvalue weighted by Crippen LogP contribution is -2.24. The molecule has 2 heterocycles. The molecule has 1 unspecified atom stereocenters. The quantitative estimate of drug-likeness (QED) is 0.731. The summed E-state index contributed by atoms with van der Waals surface area (Å²) in [6.07, 6.45) is 0.616. The number of carbonyl (C=O) groups is 1. The first-order chi connectivity index (χ1) is 8.67. The van der Waals surface area contributed by atoms with Gasteiger partial charge in [0.15, 0.2) is 5.13 Å². The fourth-order valence-electron chi connectivity index (χ4n) is 2.07. The highest BCUT2D eigenvalue weighted by Gasteiger charge is 2.31. The van der Waals surface area contributed by atoms with Gasteiger partial charge in [0.05, 0.1) is 10.2 Å². The molecule has 0 saturated carbocycles. The van der Waals surface area contributed by atoms with Gasteiger partial charge in [-0.25, -0.2) is 4.98 Å². The van der Waals surface area contributed by atoms with E-state index < -0.39 is 0 Å². The topological polar surface area (TPSA) is 33.2 Å². The van der Waals surface area contributed by atoms with Crippen LogP contribution >= 0.6 is 43.2 Å². The number of amides is 1. The maximum atomic E-state index is 12.0. The SMILES string of the molecule is O=C1CC(CBr)CN1c1nc2cc(Br)ccc2s1. The van der Waals surface area contributed by atoms with Gasteiger partial charge in [-0.1, -0.05) is 43.2 Å². The minimum Gasteiger partial charge on any atom is -0.288 e. The monoisotopic (exact) mass is 388 g/mol. The number of benzene rings is 1. The average Bonchev–Trinajstić information content (AvgIpc) is 2.91. The first-order valence-electron chi connectivity index (χ1n) is 5.60. The van der Waals surface area contributed by atoms with Crippen LogP contribution in [0.2, 0.25) is 0 Å². The van der Waals surface area contributed by atoms with Crippen molar-refractivity contribution < 1.29 is 4.79 Å². The Morgan fingerprint density at radius 1 is 1.50 bits per heavy atom. The summed E-state index contributed by atoms with van der Waals surface area (Å²) in [5.74, 6) is 0.578. The molecule has 1 amide bonds. The molecule has 1 aliphatic rings. The molecule has 1 aliphatic heterocycles. The van der Waals surface area contributed by atoms with Crippen molar-refractivity contribution >= 4 is 64.5 Å². The molecule has 1 aromatic carbocycles. The van der Waals surface area contributed by atoms with E-state index in [0.29, 0.717) is 12.3 Å². The van der Waals surface area contributed by atoms with Gasteiger partial charge >= 0.3 is 0 Å². The third-order valence-electron chi connectivity index (χ3n) is 2.99. The maximum Gasteiger partial charge on any atom is 0.229 e. The lowest BCUT2D eigenvalue weighted by molar-refractivity contribution is -0.117. The van der Waals surface area contributed by atoms with Crippen LogP contribution in [0.5, 0.6) is 0 Å². The molecule has 0 N–H and O–H groups in total. The predicted molar refractivity (Wildman–Crippen MR) is 81.6 cm³/mol. The Bertz CT molecular complexity index is 613. The van der Waals surface area contributed by atoms with Crippen LogP contribution < -0.4 is 4.90 Å². The van der Waals surface area contributed by atoms with Crippen LogP contribution in [0.3, 0.4) is 0 Å². The first-order valence-corrected chi connectivity index (χ1v) is 8.33. The highest BCUT2D eigenvalue weighted by molar-refractivity contribution is 9.10. The number of thiazole rings is 1. The summed E-state index contributed by atoms with van der Waals surface area (Å²) in [6, 6.07) is 6.01. The molecule has 1 aromatic heterocycles. The van der Waals surface area contributed by atoms with Gasteiger partial charge in [0.1, 0.15) is 0 Å². The number of aromatic nitrogens is 1. The van der Waals surface area contributed by atoms with Gasteiger partial charge in [-0.2, -0.15) is 0 Å². The summed E-state index contributed by atoms with van der Waals surface area (Å²) in [7, 11) is 0. The largest absolute Gasteiger partial charge is 0.288 e. The molecule has 0 radical (unpaired) electrons. The molecule has 0 aliphatic carbocycles. The van der Waals surface area contributed by atoms with E-state index in [1.54, 1.807) is 11.3 Å². The lowest BCUT2D eigenvalue weighted by atomic mass is 10.2. The number of hydrogen-bond acceptors (Lipinski definition) is 3. The van der Waals surface area contributed by atoms with E-state index in [-0.39, 0.29) is 5.91 Å². The molecule has 1 fully saturated rings. The second-order valence-electron chi connectivity index (χ2n) is 4.34. The summed E-state index contributed by atoms with van der Waals surface area (Å²) in [4.78, 5) is 18.3. The fourth-order valence-corrected chi connectivity index (χ4v) is 3.83. The smallest absolute Gasteiger partial charge is 0.229 e. The zero-order chi connectivity index (χ0) is 12.7. The van der Waals surface area contributed by atoms with Crippen molar-refractivity contribution in [2.24, 2.45) is 5.92 Å². The van der Waals surface area contributed by atoms with Gasteiger partial charge in [-0.05, 0) is 24.1 Å². The number of nitrogens with zero attached hydrogens (tertiary/aromatic N) is 2. The Morgan fingerprint density at radius 3 is 3.06 bits per heavy atom. The summed E-state index contributed by atoms with van der Waals surface area (Å²) < 4.78 is 2.13. The van der Waals surface area contributed by atoms with Gasteiger partial charge in [0, 0.05) is 22.8 Å². The lowest BCUT2D eigenvalue weighted by Gasteiger charge is -2.11. The van der Waals surface area contributed by atoms with Gasteiger partial charge in [-0.15, -0.1) is 0 Å². The van der Waals surface area contributed by atoms with Gasteiger partial charge in [-0.3, -0.25) is 9.69 Å². The summed E-state index contributed by atoms with van der Waals surface area (Å²) in [5, 5.41) is 1.68. The number of rotatable bonds is 2. The van der Waals surface area contributed by atoms with Crippen LogP contribution in [-0.4, -0.2) is 22.8 Å². The Hall–Kier alpha value is -0.460. The molecule has 3 nitrogen and oxygen atoms in total. The van der Waals surface area contributed by atoms with E-state index >= 15 is 0 Å². The average molecular weight is 390 g/mol. The highest BCUT2D eigenvalue weighted by atomic mass is 79.9. The van der Waals surface area contributed by atoms with E-state index in [9.17, 15) is 4.79 Å². The number of alkyl halides is 1. The van der Waals surface area contributed by atoms with E-state index in [4.69, 9.17) is 0 Å². The second-order valence-corrected chi connectivity index (χ2v) is 6.91. The third-order valence-corrected chi connectivity index (χ3v) is 5.46. The van der Waals surface area contributed by atoms with Crippen LogP contribution in [0, 0.1) is 5.92 Å². The maximum absolute atomic E-state index is 12.0. The normalized spacial score (nSPS) is 20.0. The van der Waals surface area contributed by atoms with Crippen molar-refractivity contribution in [3.8, 4) is 0 Å². The van der Waals surface area contributed by atoms with Gasteiger partial charge < -0.3 is 0 Å². The molecule has 3 rings (SSSR count). The van der Waals surface area contributed by atoms with Crippen LogP contribution in [0.1, 0.15) is 6.42 Å². The summed E-state index contributed by atoms with van der Waals surface area (Å²) in [5.41, 5.74) is 0.944. The number of anilines is 1. The Morgan fingerprint density at radius 2 is 2.33 bits per heavy atom. The van der Waals surface area contributed by atoms with Crippen LogP contribution in [0.15, 0.2) is 22.7 Å². The summed E-state index contributed by atoms with van der Waals surface area (Å²) >= 11 is 8.46. The standard InChI is InChI=1S/C12H10Br2N2OS/c13-5-7-3-11(17)16(6-7)12-15-9-4-8(14)1-2-10(9)18-12/h1-2,4,7H,3,5-6H2. The number of hydrogen-bond donors (Lipinski definition) is 0. The van der Waals surface area contributed by atoms with Gasteiger partial charge in [0.2, 0.25) is 5.91 Å². The fraction of sp³-hybridized carbons (Fsp3) is 0.333. The van der Waals surface area contributed by atoms with E-state index in [0.717, 1.165) is 31.7 Å². The molecule has 0 spiro atoms. The van der Waals surface area contributed by atoms with Crippen LogP contribution in [0.25, 0.3) is 10.2 Å². The van der Waals surface area contributed by atoms with Crippen LogP contribution in [-0.2, 0) is 4.79 Å². The molecule has 0 bridgehead atoms. The molecule has 1 saturated heterocycles. The van der Waals surface area contributed by atoms with Crippen molar-refractivity contribution in [2.45, 2.75) is 6.42 Å². The van der Waals surface area contributed by atoms with E-state index in [1.807, 2.05) is 23.1 Å². The zero-order valence-electron chi connectivity index (χ0n) is 9.40. The molecule has 1 atom stereocenters. The van der Waals surface area contributed by atoms with Crippen LogP contribution in [0.4, 0.5) is 5.13 Å². The molecule has 94 valence electrons. The highest BCUT2D eigenvalue weighted by Crippen LogP contribution is 2.34. The molecular weight excluding hydrogens is 380 g/mol. The third kappa shape index (κ3) is 2.21. The Balaban J connectivity index is 1.97. The number of fused-ring (bicyclic) bond motifs is 1.